The number of carbonyl (C=O) groups is 2. The molecule has 6 saturated carbocycles. The number of nitrogens with zero attached hydrogens (tertiary/aromatic N) is 1. The van der Waals surface area contributed by atoms with Crippen LogP contribution in [0.25, 0.3) is 0 Å². The third kappa shape index (κ3) is 5.38. The number of hydrogen-bond donors (Lipinski definition) is 1. The molecule has 6 aliphatic carbocycles. The Kier molecular flexibility index (Phi) is 9.00. The maximum absolute atomic E-state index is 13.5. The lowest BCUT2D eigenvalue weighted by Crippen LogP contribution is -2.66. The van der Waals surface area contributed by atoms with Crippen molar-refractivity contribution in [3.8, 4) is 0 Å². The first-order chi connectivity index (χ1) is 22.5. The summed E-state index contributed by atoms with van der Waals surface area (Å²) in [6, 6.07) is 0. The normalized spacial score (nSPS) is 47.1. The Balaban J connectivity index is 1.04. The zero-order valence-corrected chi connectivity index (χ0v) is 32.5. The molecule has 1 saturated heterocycles. The second-order valence-electron chi connectivity index (χ2n) is 20.3. The maximum atomic E-state index is 13.5. The van der Waals surface area contributed by atoms with Crippen LogP contribution in [0.15, 0.2) is 0 Å². The predicted molar refractivity (Wildman–Crippen MR) is 194 cm³/mol. The molecular weight excluding hydrogens is 617 g/mol. The first kappa shape index (κ1) is 35.6. The molecule has 11 unspecified atom stereocenters. The monoisotopic (exact) mass is 684 g/mol. The number of aldehydes is 1. The van der Waals surface area contributed by atoms with Crippen molar-refractivity contribution in [2.45, 2.75) is 150 Å². The van der Waals surface area contributed by atoms with Crippen LogP contribution in [0.4, 0.5) is 0 Å². The van der Waals surface area contributed by atoms with E-state index in [0.717, 1.165) is 73.9 Å². The topological polar surface area (TPSA) is 75.7 Å². The van der Waals surface area contributed by atoms with Crippen molar-refractivity contribution in [2.24, 2.45) is 63.1 Å². The molecule has 7 heteroatoms. The summed E-state index contributed by atoms with van der Waals surface area (Å²) in [5.41, 5.74) is 0.721. The Labute approximate surface area is 294 Å². The lowest BCUT2D eigenvalue weighted by atomic mass is 9.36. The van der Waals surface area contributed by atoms with E-state index in [0.29, 0.717) is 23.3 Å². The van der Waals surface area contributed by atoms with Crippen LogP contribution in [0.2, 0.25) is 0 Å². The quantitative estimate of drug-likeness (QED) is 0.223. The minimum atomic E-state index is -0.632. The summed E-state index contributed by atoms with van der Waals surface area (Å²) in [6.07, 6.45) is 15.9. The van der Waals surface area contributed by atoms with E-state index in [1.165, 1.54) is 57.8 Å². The Hall–Kier alpha value is -0.790. The number of carbonyl (C=O) groups excluding carboxylic acids is 2. The lowest BCUT2D eigenvalue weighted by Gasteiger charge is -2.69. The molecular formula is C41H68N2O4S. The third-order valence-corrected chi connectivity index (χ3v) is 18.7. The summed E-state index contributed by atoms with van der Waals surface area (Å²) in [7, 11) is -0.632. The van der Waals surface area contributed by atoms with Crippen LogP contribution in [0.5, 0.6) is 0 Å². The van der Waals surface area contributed by atoms with E-state index in [2.05, 4.69) is 65.6 Å². The van der Waals surface area contributed by atoms with Crippen molar-refractivity contribution in [3.63, 3.8) is 0 Å². The molecule has 7 fully saturated rings. The highest BCUT2D eigenvalue weighted by Crippen LogP contribution is 2.72. The number of rotatable bonds is 7. The van der Waals surface area contributed by atoms with E-state index in [4.69, 9.17) is 4.74 Å². The van der Waals surface area contributed by atoms with Gasteiger partial charge in [-0.1, -0.05) is 48.0 Å². The van der Waals surface area contributed by atoms with Crippen LogP contribution >= 0.6 is 0 Å². The number of fused-ring (bicyclic) bond motifs is 7. The van der Waals surface area contributed by atoms with Gasteiger partial charge in [0.05, 0.1) is 5.92 Å². The largest absolute Gasteiger partial charge is 0.462 e. The Bertz CT molecular complexity index is 1290. The molecule has 11 atom stereocenters. The molecule has 0 radical (unpaired) electrons. The average Bonchev–Trinajstić information content (AvgIpc) is 3.46. The van der Waals surface area contributed by atoms with Gasteiger partial charge in [0.1, 0.15) is 12.4 Å². The molecule has 1 N–H and O–H groups in total. The van der Waals surface area contributed by atoms with Gasteiger partial charge in [-0.25, -0.2) is 0 Å². The van der Waals surface area contributed by atoms with E-state index < -0.39 is 10.8 Å². The molecule has 48 heavy (non-hydrogen) atoms. The first-order valence-electron chi connectivity index (χ1n) is 20.0. The van der Waals surface area contributed by atoms with Crippen molar-refractivity contribution < 1.29 is 18.5 Å². The van der Waals surface area contributed by atoms with Crippen molar-refractivity contribution in [2.75, 3.05) is 31.1 Å². The van der Waals surface area contributed by atoms with Gasteiger partial charge in [0.2, 0.25) is 0 Å². The summed E-state index contributed by atoms with van der Waals surface area (Å²) >= 11 is 0. The van der Waals surface area contributed by atoms with E-state index in [-0.39, 0.29) is 45.7 Å². The molecule has 0 aromatic heterocycles. The van der Waals surface area contributed by atoms with E-state index >= 15 is 0 Å². The van der Waals surface area contributed by atoms with Crippen LogP contribution in [0.1, 0.15) is 132 Å². The van der Waals surface area contributed by atoms with Gasteiger partial charge in [-0.2, -0.15) is 0 Å². The highest BCUT2D eigenvalue weighted by atomic mass is 32.2. The average molecular weight is 685 g/mol. The Morgan fingerprint density at radius 3 is 2.25 bits per heavy atom. The van der Waals surface area contributed by atoms with Gasteiger partial charge in [0.25, 0.3) is 0 Å². The fourth-order valence-corrected chi connectivity index (χ4v) is 15.3. The third-order valence-electron chi connectivity index (χ3n) is 17.4. The summed E-state index contributed by atoms with van der Waals surface area (Å²) in [6.45, 7) is 22.1. The molecule has 1 heterocycles. The second kappa shape index (κ2) is 12.1. The van der Waals surface area contributed by atoms with Crippen LogP contribution < -0.4 is 5.32 Å². The van der Waals surface area contributed by atoms with E-state index in [1.807, 2.05) is 0 Å². The molecule has 0 bridgehead atoms. The van der Waals surface area contributed by atoms with Gasteiger partial charge in [-0.3, -0.25) is 13.9 Å². The van der Waals surface area contributed by atoms with Crippen LogP contribution in [0, 0.1) is 63.1 Å². The van der Waals surface area contributed by atoms with Crippen LogP contribution in [0.3, 0.4) is 0 Å². The van der Waals surface area contributed by atoms with Crippen molar-refractivity contribution in [3.05, 3.63) is 0 Å². The molecule has 0 spiro atoms. The number of hydrogen-bond acceptors (Lipinski definition) is 6. The fraction of sp³-hybridized carbons (Fsp3) is 0.951. The summed E-state index contributed by atoms with van der Waals surface area (Å²) in [4.78, 5) is 27.6. The highest BCUT2D eigenvalue weighted by Gasteiger charge is 2.67. The predicted octanol–water partition coefficient (Wildman–Crippen LogP) is 7.41. The Morgan fingerprint density at radius 2 is 1.56 bits per heavy atom. The lowest BCUT2D eigenvalue weighted by molar-refractivity contribution is -0.224. The zero-order chi connectivity index (χ0) is 34.5. The van der Waals surface area contributed by atoms with Crippen molar-refractivity contribution in [1.82, 2.24) is 10.2 Å². The van der Waals surface area contributed by atoms with E-state index in [9.17, 15) is 13.8 Å². The van der Waals surface area contributed by atoms with E-state index in [1.54, 1.807) is 0 Å². The molecule has 0 aromatic carbocycles. The zero-order valence-electron chi connectivity index (χ0n) is 31.7. The summed E-state index contributed by atoms with van der Waals surface area (Å²) in [5.74, 6) is 5.15. The van der Waals surface area contributed by atoms with Gasteiger partial charge in [-0.05, 0) is 130 Å². The van der Waals surface area contributed by atoms with Crippen LogP contribution in [-0.2, 0) is 25.1 Å². The van der Waals surface area contributed by atoms with Gasteiger partial charge in [0, 0.05) is 64.4 Å². The minimum Gasteiger partial charge on any atom is -0.462 e. The molecule has 7 aliphatic rings. The van der Waals surface area contributed by atoms with Crippen LogP contribution in [-0.4, -0.2) is 69.7 Å². The molecule has 272 valence electrons. The Morgan fingerprint density at radius 1 is 0.854 bits per heavy atom. The van der Waals surface area contributed by atoms with Gasteiger partial charge in [0.15, 0.2) is 0 Å². The molecule has 7 rings (SSSR count). The molecule has 6 nitrogen and oxygen atoms in total. The standard InChI is InChI=1S/C41H68N2O4S/c1-36(2,43-20-22-48(46)23-21-43)26-42-41-16-9-10-30(41)28-11-12-33-39(7,29(28)13-19-41)17-14-32-38(5,6)34(15-18-40(32,33)8)47-35(45)31-24-27(25-44)37(31,3)4/h25,27-34,42H,9-24,26H2,1-8H3. The SMILES string of the molecule is CC1(C)C(C=O)CC1C(=O)OC1CCC2(C)C(CCC3(C)C4CCC5(NCC(C)(C)N6CCS(=O)CC6)CCCC5C4CCC32)C1(C)C. The smallest absolute Gasteiger partial charge is 0.309 e. The van der Waals surface area contributed by atoms with Gasteiger partial charge < -0.3 is 14.8 Å². The molecule has 1 aliphatic heterocycles. The number of nitrogens with one attached hydrogen (secondary N) is 1. The maximum Gasteiger partial charge on any atom is 0.309 e. The van der Waals surface area contributed by atoms with Gasteiger partial charge in [-0.15, -0.1) is 0 Å². The summed E-state index contributed by atoms with van der Waals surface area (Å²) in [5, 5.41) is 4.30. The van der Waals surface area contributed by atoms with Crippen molar-refractivity contribution >= 4 is 23.1 Å². The van der Waals surface area contributed by atoms with Crippen molar-refractivity contribution in [1.29, 1.82) is 0 Å². The first-order valence-corrected chi connectivity index (χ1v) is 21.5. The molecule has 0 amide bonds. The minimum absolute atomic E-state index is 0.0331. The summed E-state index contributed by atoms with van der Waals surface area (Å²) < 4.78 is 18.5. The highest BCUT2D eigenvalue weighted by molar-refractivity contribution is 7.85. The number of esters is 1. The molecule has 0 aromatic rings. The number of ether oxygens (including phenoxy) is 1. The van der Waals surface area contributed by atoms with Gasteiger partial charge >= 0.3 is 5.97 Å². The fourth-order valence-electron chi connectivity index (χ4n) is 14.3. The second-order valence-corrected chi connectivity index (χ2v) is 22.0.